The Morgan fingerprint density at radius 3 is 2.46 bits per heavy atom. The Morgan fingerprint density at radius 2 is 1.85 bits per heavy atom. The van der Waals surface area contributed by atoms with Crippen LogP contribution in [-0.4, -0.2) is 32.6 Å². The fourth-order valence-corrected chi connectivity index (χ4v) is 2.26. The van der Waals surface area contributed by atoms with Crippen molar-refractivity contribution in [3.63, 3.8) is 0 Å². The minimum absolute atomic E-state index is 0.0624. The minimum Gasteiger partial charge on any atom is -0.493 e. The number of rotatable bonds is 8. The fourth-order valence-electron chi connectivity index (χ4n) is 2.26. The summed E-state index contributed by atoms with van der Waals surface area (Å²) in [6.45, 7) is 3.95. The molecule has 0 unspecified atom stereocenters. The Labute approximate surface area is 152 Å². The van der Waals surface area contributed by atoms with Crippen LogP contribution in [-0.2, 0) is 11.2 Å². The number of carbonyl (C=O) groups excluding carboxylic acids is 2. The summed E-state index contributed by atoms with van der Waals surface area (Å²) in [6.07, 6.45) is 1.93. The van der Waals surface area contributed by atoms with Gasteiger partial charge in [0.05, 0.1) is 13.5 Å². The molecule has 6 nitrogen and oxygen atoms in total. The molecule has 2 aromatic carbocycles. The van der Waals surface area contributed by atoms with Crippen molar-refractivity contribution in [1.29, 1.82) is 0 Å². The molecule has 0 fully saturated rings. The number of amides is 2. The van der Waals surface area contributed by atoms with E-state index in [9.17, 15) is 9.59 Å². The van der Waals surface area contributed by atoms with Crippen LogP contribution in [0.5, 0.6) is 11.5 Å². The van der Waals surface area contributed by atoms with Gasteiger partial charge in [0.15, 0.2) is 11.5 Å². The molecule has 0 aliphatic heterocycles. The molecule has 0 atom stereocenters. The summed E-state index contributed by atoms with van der Waals surface area (Å²) in [4.78, 5) is 23.8. The van der Waals surface area contributed by atoms with Crippen LogP contribution in [0.15, 0.2) is 55.1 Å². The Balaban J connectivity index is 2.07. The van der Waals surface area contributed by atoms with Crippen molar-refractivity contribution in [1.82, 2.24) is 5.32 Å². The number of hydrogen-bond acceptors (Lipinski definition) is 4. The zero-order chi connectivity index (χ0) is 18.9. The molecule has 6 heteroatoms. The van der Waals surface area contributed by atoms with Gasteiger partial charge in [0.1, 0.15) is 6.61 Å². The number of methoxy groups -OCH3 is 1. The van der Waals surface area contributed by atoms with E-state index in [4.69, 9.17) is 9.47 Å². The highest BCUT2D eigenvalue weighted by Gasteiger charge is 2.11. The summed E-state index contributed by atoms with van der Waals surface area (Å²) in [7, 11) is 3.11. The molecule has 0 radical (unpaired) electrons. The van der Waals surface area contributed by atoms with Crippen LogP contribution in [0.3, 0.4) is 0 Å². The van der Waals surface area contributed by atoms with Crippen molar-refractivity contribution in [2.45, 2.75) is 6.42 Å². The Bertz CT molecular complexity index is 785. The number of carbonyl (C=O) groups is 2. The van der Waals surface area contributed by atoms with E-state index >= 15 is 0 Å². The van der Waals surface area contributed by atoms with Gasteiger partial charge in [-0.15, -0.1) is 0 Å². The summed E-state index contributed by atoms with van der Waals surface area (Å²) in [5.74, 6) is 0.688. The average Bonchev–Trinajstić information content (AvgIpc) is 2.67. The number of benzene rings is 2. The standard InChI is InChI=1S/C20H22N2O4/c1-4-11-26-17-10-7-15(13-18(17)25-3)20(24)22-16-8-5-14(6-9-16)12-19(23)21-2/h4-10,13H,1,11-12H2,2-3H3,(H,21,23)(H,22,24). The lowest BCUT2D eigenvalue weighted by Gasteiger charge is -2.11. The second-order valence-corrected chi connectivity index (χ2v) is 5.47. The maximum absolute atomic E-state index is 12.4. The van der Waals surface area contributed by atoms with Gasteiger partial charge in [-0.25, -0.2) is 0 Å². The molecule has 2 rings (SSSR count). The molecule has 0 saturated carbocycles. The van der Waals surface area contributed by atoms with Gasteiger partial charge in [0, 0.05) is 18.3 Å². The molecule has 0 aromatic heterocycles. The van der Waals surface area contributed by atoms with E-state index < -0.39 is 0 Å². The van der Waals surface area contributed by atoms with E-state index in [-0.39, 0.29) is 11.8 Å². The molecule has 0 aliphatic rings. The number of nitrogens with one attached hydrogen (secondary N) is 2. The topological polar surface area (TPSA) is 76.7 Å². The third kappa shape index (κ3) is 5.11. The Morgan fingerprint density at radius 1 is 1.12 bits per heavy atom. The Hall–Kier alpha value is -3.28. The van der Waals surface area contributed by atoms with E-state index in [2.05, 4.69) is 17.2 Å². The van der Waals surface area contributed by atoms with Crippen LogP contribution in [0.4, 0.5) is 5.69 Å². The zero-order valence-corrected chi connectivity index (χ0v) is 14.9. The molecule has 2 N–H and O–H groups in total. The van der Waals surface area contributed by atoms with E-state index in [0.29, 0.717) is 35.8 Å². The lowest BCUT2D eigenvalue weighted by atomic mass is 10.1. The molecule has 0 bridgehead atoms. The van der Waals surface area contributed by atoms with Crippen molar-refractivity contribution in [3.05, 3.63) is 66.2 Å². The number of hydrogen-bond donors (Lipinski definition) is 2. The van der Waals surface area contributed by atoms with Crippen LogP contribution in [0.2, 0.25) is 0 Å². The first-order valence-corrected chi connectivity index (χ1v) is 8.10. The number of likely N-dealkylation sites (N-methyl/N-ethyl adjacent to an activating group) is 1. The maximum Gasteiger partial charge on any atom is 0.255 e. The lowest BCUT2D eigenvalue weighted by molar-refractivity contribution is -0.119. The van der Waals surface area contributed by atoms with Crippen molar-refractivity contribution in [2.24, 2.45) is 0 Å². The molecule has 2 aromatic rings. The van der Waals surface area contributed by atoms with Crippen LogP contribution >= 0.6 is 0 Å². The van der Waals surface area contributed by atoms with Crippen LogP contribution in [0.1, 0.15) is 15.9 Å². The first-order chi connectivity index (χ1) is 12.6. The van der Waals surface area contributed by atoms with Crippen molar-refractivity contribution < 1.29 is 19.1 Å². The van der Waals surface area contributed by atoms with Gasteiger partial charge in [-0.2, -0.15) is 0 Å². The minimum atomic E-state index is -0.266. The van der Waals surface area contributed by atoms with E-state index in [1.165, 1.54) is 7.11 Å². The normalized spacial score (nSPS) is 9.92. The third-order valence-electron chi connectivity index (χ3n) is 3.64. The van der Waals surface area contributed by atoms with Gasteiger partial charge in [-0.1, -0.05) is 24.8 Å². The predicted octanol–water partition coefficient (Wildman–Crippen LogP) is 2.80. The molecule has 0 saturated heterocycles. The first-order valence-electron chi connectivity index (χ1n) is 8.10. The molecule has 136 valence electrons. The van der Waals surface area contributed by atoms with Crippen LogP contribution in [0, 0.1) is 0 Å². The van der Waals surface area contributed by atoms with Gasteiger partial charge in [-0.05, 0) is 35.9 Å². The quantitative estimate of drug-likeness (QED) is 0.715. The molecular formula is C20H22N2O4. The second kappa shape index (κ2) is 9.27. The molecular weight excluding hydrogens is 332 g/mol. The highest BCUT2D eigenvalue weighted by atomic mass is 16.5. The van der Waals surface area contributed by atoms with Gasteiger partial charge >= 0.3 is 0 Å². The maximum atomic E-state index is 12.4. The number of ether oxygens (including phenoxy) is 2. The SMILES string of the molecule is C=CCOc1ccc(C(=O)Nc2ccc(CC(=O)NC)cc2)cc1OC. The Kier molecular flexibility index (Phi) is 6.79. The van der Waals surface area contributed by atoms with E-state index in [1.54, 1.807) is 55.6 Å². The highest BCUT2D eigenvalue weighted by molar-refractivity contribution is 6.04. The molecule has 0 spiro atoms. The highest BCUT2D eigenvalue weighted by Crippen LogP contribution is 2.28. The first kappa shape index (κ1) is 19.1. The predicted molar refractivity (Wildman–Crippen MR) is 101 cm³/mol. The van der Waals surface area contributed by atoms with E-state index in [0.717, 1.165) is 5.56 Å². The van der Waals surface area contributed by atoms with Crippen molar-refractivity contribution in [3.8, 4) is 11.5 Å². The van der Waals surface area contributed by atoms with Gasteiger partial charge in [-0.3, -0.25) is 9.59 Å². The monoisotopic (exact) mass is 354 g/mol. The molecule has 2 amide bonds. The van der Waals surface area contributed by atoms with Crippen molar-refractivity contribution >= 4 is 17.5 Å². The lowest BCUT2D eigenvalue weighted by Crippen LogP contribution is -2.19. The summed E-state index contributed by atoms with van der Waals surface area (Å²) in [5, 5.41) is 5.39. The average molecular weight is 354 g/mol. The van der Waals surface area contributed by atoms with Gasteiger partial charge in [0.2, 0.25) is 5.91 Å². The number of anilines is 1. The van der Waals surface area contributed by atoms with Gasteiger partial charge in [0.25, 0.3) is 5.91 Å². The summed E-state index contributed by atoms with van der Waals surface area (Å²) in [6, 6.07) is 12.1. The molecule has 26 heavy (non-hydrogen) atoms. The largest absolute Gasteiger partial charge is 0.493 e. The fraction of sp³-hybridized carbons (Fsp3) is 0.200. The van der Waals surface area contributed by atoms with Crippen LogP contribution < -0.4 is 20.1 Å². The molecule has 0 aliphatic carbocycles. The summed E-state index contributed by atoms with van der Waals surface area (Å²) < 4.78 is 10.7. The van der Waals surface area contributed by atoms with E-state index in [1.807, 2.05) is 0 Å². The summed E-state index contributed by atoms with van der Waals surface area (Å²) in [5.41, 5.74) is 1.96. The van der Waals surface area contributed by atoms with Crippen LogP contribution in [0.25, 0.3) is 0 Å². The van der Waals surface area contributed by atoms with Gasteiger partial charge < -0.3 is 20.1 Å². The third-order valence-corrected chi connectivity index (χ3v) is 3.64. The zero-order valence-electron chi connectivity index (χ0n) is 14.9. The van der Waals surface area contributed by atoms with Crippen molar-refractivity contribution in [2.75, 3.05) is 26.1 Å². The molecule has 0 heterocycles. The second-order valence-electron chi connectivity index (χ2n) is 5.47. The summed E-state index contributed by atoms with van der Waals surface area (Å²) >= 11 is 0. The smallest absolute Gasteiger partial charge is 0.255 e.